The highest BCUT2D eigenvalue weighted by Gasteiger charge is 2.21. The Morgan fingerprint density at radius 3 is 2.22 bits per heavy atom. The van der Waals surface area contributed by atoms with Gasteiger partial charge < -0.3 is 5.32 Å². The summed E-state index contributed by atoms with van der Waals surface area (Å²) in [5, 5.41) is 8.86. The number of aryl methyl sites for hydroxylation is 1. The maximum Gasteiger partial charge on any atom is 0.0844 e. The number of hydrogen-bond acceptors (Lipinski definition) is 2. The summed E-state index contributed by atoms with van der Waals surface area (Å²) in [4.78, 5) is 0. The lowest BCUT2D eigenvalue weighted by Crippen LogP contribution is -2.40. The van der Waals surface area contributed by atoms with Crippen molar-refractivity contribution in [1.82, 2.24) is 15.1 Å². The third-order valence-electron chi connectivity index (χ3n) is 3.40. The highest BCUT2D eigenvalue weighted by Crippen LogP contribution is 2.25. The zero-order valence-electron chi connectivity index (χ0n) is 12.6. The summed E-state index contributed by atoms with van der Waals surface area (Å²) >= 11 is 6.20. The summed E-state index contributed by atoms with van der Waals surface area (Å²) in [7, 11) is 0. The molecule has 0 amide bonds. The number of aromatic nitrogens is 2. The molecule has 0 saturated heterocycles. The molecule has 0 fully saturated rings. The van der Waals surface area contributed by atoms with E-state index in [1.165, 1.54) is 0 Å². The van der Waals surface area contributed by atoms with E-state index in [-0.39, 0.29) is 5.54 Å². The van der Waals surface area contributed by atoms with E-state index in [2.05, 4.69) is 45.0 Å². The average molecular weight is 272 g/mol. The lowest BCUT2D eigenvalue weighted by Gasteiger charge is -2.27. The number of nitrogens with one attached hydrogen (secondary N) is 1. The largest absolute Gasteiger partial charge is 0.312 e. The summed E-state index contributed by atoms with van der Waals surface area (Å²) in [6.45, 7) is 16.0. The topological polar surface area (TPSA) is 29.9 Å². The summed E-state index contributed by atoms with van der Waals surface area (Å²) in [6, 6.07) is 0.339. The van der Waals surface area contributed by atoms with E-state index in [0.717, 1.165) is 23.0 Å². The fraction of sp³-hybridized carbons (Fsp3) is 0.786. The Morgan fingerprint density at radius 1 is 1.28 bits per heavy atom. The summed E-state index contributed by atoms with van der Waals surface area (Å²) in [5.41, 5.74) is 2.13. The van der Waals surface area contributed by atoms with Gasteiger partial charge >= 0.3 is 0 Å². The molecular weight excluding hydrogens is 246 g/mol. The minimum atomic E-state index is 0.153. The van der Waals surface area contributed by atoms with Crippen molar-refractivity contribution in [1.29, 1.82) is 0 Å². The van der Waals surface area contributed by atoms with Crippen LogP contribution in [0.4, 0.5) is 0 Å². The van der Waals surface area contributed by atoms with Crippen LogP contribution in [0.2, 0.25) is 5.02 Å². The number of rotatable bonds is 4. The molecule has 1 aromatic rings. The lowest BCUT2D eigenvalue weighted by molar-refractivity contribution is 0.299. The van der Waals surface area contributed by atoms with Crippen molar-refractivity contribution in [3.8, 4) is 0 Å². The van der Waals surface area contributed by atoms with Gasteiger partial charge in [-0.15, -0.1) is 0 Å². The van der Waals surface area contributed by atoms with E-state index >= 15 is 0 Å². The zero-order chi connectivity index (χ0) is 14.1. The van der Waals surface area contributed by atoms with Gasteiger partial charge in [0.2, 0.25) is 0 Å². The Morgan fingerprint density at radius 2 is 1.83 bits per heavy atom. The zero-order valence-corrected chi connectivity index (χ0v) is 13.4. The molecule has 4 heteroatoms. The second-order valence-electron chi connectivity index (χ2n) is 6.28. The van der Waals surface area contributed by atoms with Gasteiger partial charge in [0.1, 0.15) is 0 Å². The van der Waals surface area contributed by atoms with Crippen LogP contribution in [0, 0.1) is 19.8 Å². The molecule has 3 nitrogen and oxygen atoms in total. The van der Waals surface area contributed by atoms with Crippen LogP contribution in [0.25, 0.3) is 0 Å². The molecule has 0 aliphatic carbocycles. The fourth-order valence-electron chi connectivity index (χ4n) is 1.92. The molecule has 2 atom stereocenters. The molecule has 1 heterocycles. The Bertz CT molecular complexity index is 404. The monoisotopic (exact) mass is 271 g/mol. The quantitative estimate of drug-likeness (QED) is 0.904. The number of nitrogens with zero attached hydrogens (tertiary/aromatic N) is 2. The van der Waals surface area contributed by atoms with Crippen LogP contribution in [0.5, 0.6) is 0 Å². The van der Waals surface area contributed by atoms with E-state index in [1.54, 1.807) is 0 Å². The van der Waals surface area contributed by atoms with Gasteiger partial charge in [-0.25, -0.2) is 0 Å². The van der Waals surface area contributed by atoms with Crippen molar-refractivity contribution in [2.45, 2.75) is 60.0 Å². The molecule has 0 bridgehead atoms. The van der Waals surface area contributed by atoms with E-state index in [1.807, 2.05) is 18.5 Å². The van der Waals surface area contributed by atoms with Crippen LogP contribution in [0.15, 0.2) is 0 Å². The summed E-state index contributed by atoms with van der Waals surface area (Å²) in [5.74, 6) is 0.498. The average Bonchev–Trinajstić information content (AvgIpc) is 2.52. The molecule has 104 valence electrons. The minimum Gasteiger partial charge on any atom is -0.312 e. The van der Waals surface area contributed by atoms with Gasteiger partial charge in [-0.2, -0.15) is 5.10 Å². The first-order valence-electron chi connectivity index (χ1n) is 6.59. The van der Waals surface area contributed by atoms with Crippen molar-refractivity contribution in [3.63, 3.8) is 0 Å². The Hall–Kier alpha value is -0.540. The van der Waals surface area contributed by atoms with Crippen LogP contribution in [0.3, 0.4) is 0 Å². The lowest BCUT2D eigenvalue weighted by atomic mass is 10.0. The molecule has 1 N–H and O–H groups in total. The van der Waals surface area contributed by atoms with Crippen molar-refractivity contribution >= 4 is 11.6 Å². The van der Waals surface area contributed by atoms with Gasteiger partial charge in [-0.3, -0.25) is 4.68 Å². The summed E-state index contributed by atoms with van der Waals surface area (Å²) in [6.07, 6.45) is 0. The smallest absolute Gasteiger partial charge is 0.0844 e. The van der Waals surface area contributed by atoms with Crippen molar-refractivity contribution < 1.29 is 0 Å². The van der Waals surface area contributed by atoms with Gasteiger partial charge in [0, 0.05) is 12.1 Å². The minimum absolute atomic E-state index is 0.153. The normalized spacial score (nSPS) is 15.8. The predicted octanol–water partition coefficient (Wildman–Crippen LogP) is 3.74. The van der Waals surface area contributed by atoms with E-state index in [0.29, 0.717) is 12.0 Å². The van der Waals surface area contributed by atoms with Crippen LogP contribution in [-0.2, 0) is 0 Å². The Labute approximate surface area is 116 Å². The molecule has 0 aliphatic heterocycles. The van der Waals surface area contributed by atoms with E-state index in [4.69, 9.17) is 11.6 Å². The first kappa shape index (κ1) is 15.5. The fourth-order valence-corrected chi connectivity index (χ4v) is 2.04. The standard InChI is InChI=1S/C14H26ClN3/c1-9(8-16-14(5,6)7)11(3)18-12(4)13(15)10(2)17-18/h9,11,16H,8H2,1-7H3. The Kier molecular flexibility index (Phi) is 4.84. The highest BCUT2D eigenvalue weighted by atomic mass is 35.5. The molecule has 0 saturated carbocycles. The molecule has 0 spiro atoms. The van der Waals surface area contributed by atoms with E-state index in [9.17, 15) is 0 Å². The van der Waals surface area contributed by atoms with Crippen molar-refractivity contribution in [2.75, 3.05) is 6.54 Å². The Balaban J connectivity index is 2.74. The van der Waals surface area contributed by atoms with Crippen LogP contribution in [0.1, 0.15) is 52.0 Å². The molecule has 18 heavy (non-hydrogen) atoms. The number of halogens is 1. The van der Waals surface area contributed by atoms with Crippen LogP contribution in [-0.4, -0.2) is 21.9 Å². The highest BCUT2D eigenvalue weighted by molar-refractivity contribution is 6.31. The van der Waals surface area contributed by atoms with Gasteiger partial charge in [0.05, 0.1) is 22.5 Å². The molecular formula is C14H26ClN3. The van der Waals surface area contributed by atoms with Crippen LogP contribution < -0.4 is 5.32 Å². The first-order chi connectivity index (χ1) is 8.13. The molecule has 0 radical (unpaired) electrons. The van der Waals surface area contributed by atoms with Crippen LogP contribution >= 0.6 is 11.6 Å². The first-order valence-corrected chi connectivity index (χ1v) is 6.97. The van der Waals surface area contributed by atoms with E-state index < -0.39 is 0 Å². The molecule has 1 aromatic heterocycles. The second kappa shape index (κ2) is 5.62. The molecule has 2 unspecified atom stereocenters. The predicted molar refractivity (Wildman–Crippen MR) is 78.3 cm³/mol. The summed E-state index contributed by atoms with van der Waals surface area (Å²) < 4.78 is 2.05. The molecule has 0 aromatic carbocycles. The van der Waals surface area contributed by atoms with Crippen molar-refractivity contribution in [3.05, 3.63) is 16.4 Å². The van der Waals surface area contributed by atoms with Gasteiger partial charge in [-0.05, 0) is 47.5 Å². The maximum atomic E-state index is 6.20. The van der Waals surface area contributed by atoms with Gasteiger partial charge in [0.15, 0.2) is 0 Å². The van der Waals surface area contributed by atoms with Gasteiger partial charge in [0.25, 0.3) is 0 Å². The second-order valence-corrected chi connectivity index (χ2v) is 6.66. The maximum absolute atomic E-state index is 6.20. The van der Waals surface area contributed by atoms with Crippen molar-refractivity contribution in [2.24, 2.45) is 5.92 Å². The number of hydrogen-bond donors (Lipinski definition) is 1. The SMILES string of the molecule is Cc1nn(C(C)C(C)CNC(C)(C)C)c(C)c1Cl. The third-order valence-corrected chi connectivity index (χ3v) is 3.95. The molecule has 0 aliphatic rings. The molecule has 1 rings (SSSR count). The third kappa shape index (κ3) is 3.72. The van der Waals surface area contributed by atoms with Gasteiger partial charge in [-0.1, -0.05) is 18.5 Å².